The highest BCUT2D eigenvalue weighted by atomic mass is 16.5. The second-order valence-electron chi connectivity index (χ2n) is 10.7. The zero-order valence-electron chi connectivity index (χ0n) is 25.5. The first-order valence-corrected chi connectivity index (χ1v) is 14.5. The largest absolute Gasteiger partial charge is 0.494 e. The predicted octanol–water partition coefficient (Wildman–Crippen LogP) is 3.63. The van der Waals surface area contributed by atoms with Crippen LogP contribution in [-0.4, -0.2) is 98.2 Å². The molecule has 12 nitrogen and oxygen atoms in total. The number of rotatable bonds is 8. The van der Waals surface area contributed by atoms with Crippen molar-refractivity contribution in [2.75, 3.05) is 87.0 Å². The van der Waals surface area contributed by atoms with Crippen LogP contribution in [0.2, 0.25) is 0 Å². The van der Waals surface area contributed by atoms with Crippen molar-refractivity contribution in [2.24, 2.45) is 0 Å². The highest BCUT2D eigenvalue weighted by Gasteiger charge is 2.21. The van der Waals surface area contributed by atoms with Gasteiger partial charge in [-0.1, -0.05) is 0 Å². The van der Waals surface area contributed by atoms with Crippen molar-refractivity contribution < 1.29 is 19.1 Å². The number of hydrogen-bond acceptors (Lipinski definition) is 10. The summed E-state index contributed by atoms with van der Waals surface area (Å²) in [6.07, 6.45) is 1.77. The number of aromatic nitrogens is 2. The van der Waals surface area contributed by atoms with E-state index in [1.807, 2.05) is 47.1 Å². The van der Waals surface area contributed by atoms with Crippen molar-refractivity contribution in [3.63, 3.8) is 0 Å². The zero-order chi connectivity index (χ0) is 30.5. The van der Waals surface area contributed by atoms with Gasteiger partial charge in [0.2, 0.25) is 17.8 Å². The fourth-order valence-corrected chi connectivity index (χ4v) is 5.40. The van der Waals surface area contributed by atoms with Gasteiger partial charge in [-0.2, -0.15) is 4.98 Å². The van der Waals surface area contributed by atoms with Crippen LogP contribution in [0.1, 0.15) is 19.4 Å². The number of anilines is 6. The molecule has 3 heterocycles. The Kier molecular flexibility index (Phi) is 9.03. The molecule has 0 aliphatic carbocycles. The molecule has 2 saturated heterocycles. The number of benzene rings is 2. The predicted molar refractivity (Wildman–Crippen MR) is 168 cm³/mol. The molecular formula is C31H40N8O4. The van der Waals surface area contributed by atoms with Crippen molar-refractivity contribution in [3.8, 4) is 11.5 Å². The van der Waals surface area contributed by atoms with Crippen molar-refractivity contribution in [1.82, 2.24) is 19.8 Å². The highest BCUT2D eigenvalue weighted by Crippen LogP contribution is 2.35. The minimum atomic E-state index is 0.111. The van der Waals surface area contributed by atoms with E-state index in [4.69, 9.17) is 14.5 Å². The fourth-order valence-electron chi connectivity index (χ4n) is 5.40. The highest BCUT2D eigenvalue weighted by molar-refractivity contribution is 5.75. The Bertz CT molecular complexity index is 1470. The van der Waals surface area contributed by atoms with E-state index in [0.717, 1.165) is 54.5 Å². The van der Waals surface area contributed by atoms with E-state index in [1.165, 1.54) is 0 Å². The third-order valence-corrected chi connectivity index (χ3v) is 8.02. The lowest BCUT2D eigenvalue weighted by Gasteiger charge is -2.35. The standard InChI is InChI=1S/C31H40N8O4/c1-21-20-32-31(34-27-9-7-25(19-29(27)43-5)39-16-12-37(13-17-39)23(3)41)35-30(21)33-26-8-6-24(18-28(26)42-4)38-14-10-36(11-15-38)22(2)40/h6-9,18-20H,10-17H2,1-5H3,(H2,32,33,34,35). The number of carbonyl (C=O) groups is 2. The maximum absolute atomic E-state index is 11.7. The smallest absolute Gasteiger partial charge is 0.229 e. The molecule has 0 atom stereocenters. The van der Waals surface area contributed by atoms with Crippen LogP contribution in [0.5, 0.6) is 11.5 Å². The lowest BCUT2D eigenvalue weighted by Crippen LogP contribution is -2.48. The Morgan fingerprint density at radius 3 is 1.63 bits per heavy atom. The van der Waals surface area contributed by atoms with E-state index in [-0.39, 0.29) is 11.8 Å². The van der Waals surface area contributed by atoms with Gasteiger partial charge in [0.1, 0.15) is 17.3 Å². The molecule has 0 spiro atoms. The second-order valence-corrected chi connectivity index (χ2v) is 10.7. The van der Waals surface area contributed by atoms with E-state index < -0.39 is 0 Å². The van der Waals surface area contributed by atoms with E-state index in [2.05, 4.69) is 31.5 Å². The molecule has 5 rings (SSSR count). The number of nitrogens with zero attached hydrogens (tertiary/aromatic N) is 6. The summed E-state index contributed by atoms with van der Waals surface area (Å²) in [7, 11) is 3.29. The normalized spacial score (nSPS) is 15.3. The van der Waals surface area contributed by atoms with Crippen LogP contribution in [0.25, 0.3) is 0 Å². The molecule has 228 valence electrons. The summed E-state index contributed by atoms with van der Waals surface area (Å²) in [6, 6.07) is 12.0. The van der Waals surface area contributed by atoms with Gasteiger partial charge < -0.3 is 39.7 Å². The Hall–Kier alpha value is -4.74. The molecule has 2 aromatic carbocycles. The Balaban J connectivity index is 1.28. The Morgan fingerprint density at radius 2 is 1.19 bits per heavy atom. The molecule has 3 aromatic rings. The minimum Gasteiger partial charge on any atom is -0.494 e. The minimum absolute atomic E-state index is 0.111. The van der Waals surface area contributed by atoms with Gasteiger partial charge in [-0.05, 0) is 31.2 Å². The summed E-state index contributed by atoms with van der Waals surface area (Å²) < 4.78 is 11.4. The van der Waals surface area contributed by atoms with Gasteiger partial charge in [-0.3, -0.25) is 9.59 Å². The summed E-state index contributed by atoms with van der Waals surface area (Å²) in [5.74, 6) is 2.67. The van der Waals surface area contributed by atoms with E-state index in [9.17, 15) is 9.59 Å². The lowest BCUT2D eigenvalue weighted by atomic mass is 10.2. The number of nitrogens with one attached hydrogen (secondary N) is 2. The molecule has 2 aliphatic heterocycles. The molecule has 0 bridgehead atoms. The van der Waals surface area contributed by atoms with Gasteiger partial charge in [0, 0.05) is 101 Å². The van der Waals surface area contributed by atoms with Gasteiger partial charge in [-0.25, -0.2) is 4.98 Å². The molecule has 2 amide bonds. The van der Waals surface area contributed by atoms with Crippen LogP contribution in [-0.2, 0) is 9.59 Å². The molecule has 2 fully saturated rings. The molecule has 0 saturated carbocycles. The quantitative estimate of drug-likeness (QED) is 0.404. The van der Waals surface area contributed by atoms with Gasteiger partial charge in [0.25, 0.3) is 0 Å². The number of amides is 2. The first-order valence-electron chi connectivity index (χ1n) is 14.5. The first kappa shape index (κ1) is 29.7. The van der Waals surface area contributed by atoms with Gasteiger partial charge in [0.05, 0.1) is 25.6 Å². The molecule has 2 N–H and O–H groups in total. The molecule has 2 aliphatic rings. The number of methoxy groups -OCH3 is 2. The molecule has 0 radical (unpaired) electrons. The molecular weight excluding hydrogens is 548 g/mol. The van der Waals surface area contributed by atoms with Crippen LogP contribution >= 0.6 is 0 Å². The zero-order valence-corrected chi connectivity index (χ0v) is 25.5. The molecule has 1 aromatic heterocycles. The SMILES string of the molecule is COc1cc(N2CCN(C(C)=O)CC2)ccc1Nc1ncc(C)c(Nc2ccc(N3CCN(C(C)=O)CC3)cc2OC)n1. The van der Waals surface area contributed by atoms with Crippen molar-refractivity contribution in [1.29, 1.82) is 0 Å². The Labute approximate surface area is 252 Å². The number of hydrogen-bond donors (Lipinski definition) is 2. The number of ether oxygens (including phenoxy) is 2. The first-order chi connectivity index (χ1) is 20.7. The maximum Gasteiger partial charge on any atom is 0.229 e. The number of aryl methyl sites for hydroxylation is 1. The van der Waals surface area contributed by atoms with Gasteiger partial charge >= 0.3 is 0 Å². The maximum atomic E-state index is 11.7. The van der Waals surface area contributed by atoms with E-state index >= 15 is 0 Å². The van der Waals surface area contributed by atoms with E-state index in [0.29, 0.717) is 49.4 Å². The monoisotopic (exact) mass is 588 g/mol. The van der Waals surface area contributed by atoms with Crippen LogP contribution < -0.4 is 29.9 Å². The topological polar surface area (TPSA) is 115 Å². The van der Waals surface area contributed by atoms with Crippen LogP contribution in [0, 0.1) is 6.92 Å². The fraction of sp³-hybridized carbons (Fsp3) is 0.419. The van der Waals surface area contributed by atoms with Gasteiger partial charge in [-0.15, -0.1) is 0 Å². The third kappa shape index (κ3) is 6.85. The van der Waals surface area contributed by atoms with Crippen molar-refractivity contribution in [3.05, 3.63) is 48.2 Å². The van der Waals surface area contributed by atoms with Crippen LogP contribution in [0.4, 0.5) is 34.5 Å². The lowest BCUT2D eigenvalue weighted by molar-refractivity contribution is -0.129. The average Bonchev–Trinajstić information content (AvgIpc) is 3.03. The second kappa shape index (κ2) is 13.1. The number of piperazine rings is 2. The third-order valence-electron chi connectivity index (χ3n) is 8.02. The average molecular weight is 589 g/mol. The van der Waals surface area contributed by atoms with E-state index in [1.54, 1.807) is 34.3 Å². The molecule has 43 heavy (non-hydrogen) atoms. The summed E-state index contributed by atoms with van der Waals surface area (Å²) in [5.41, 5.74) is 4.49. The van der Waals surface area contributed by atoms with Gasteiger partial charge in [0.15, 0.2) is 0 Å². The van der Waals surface area contributed by atoms with Crippen molar-refractivity contribution >= 4 is 46.3 Å². The summed E-state index contributed by atoms with van der Waals surface area (Å²) in [6.45, 7) is 11.1. The van der Waals surface area contributed by atoms with Crippen LogP contribution in [0.15, 0.2) is 42.6 Å². The molecule has 12 heteroatoms. The summed E-state index contributed by atoms with van der Waals surface area (Å²) in [4.78, 5) is 40.9. The molecule has 0 unspecified atom stereocenters. The van der Waals surface area contributed by atoms with Crippen LogP contribution in [0.3, 0.4) is 0 Å². The Morgan fingerprint density at radius 1 is 0.721 bits per heavy atom. The summed E-state index contributed by atoms with van der Waals surface area (Å²) in [5, 5.41) is 6.71. The van der Waals surface area contributed by atoms with Crippen molar-refractivity contribution in [2.45, 2.75) is 20.8 Å². The number of carbonyl (C=O) groups excluding carboxylic acids is 2. The summed E-state index contributed by atoms with van der Waals surface area (Å²) >= 11 is 0.